The predicted octanol–water partition coefficient (Wildman–Crippen LogP) is 9.97. The van der Waals surface area contributed by atoms with Crippen molar-refractivity contribution in [3.8, 4) is 23.0 Å². The molecule has 2 aliphatic rings. The van der Waals surface area contributed by atoms with Crippen LogP contribution in [-0.4, -0.2) is 67.4 Å². The number of nitrogens with zero attached hydrogens (tertiary/aromatic N) is 1. The Morgan fingerprint density at radius 1 is 0.592 bits per heavy atom. The van der Waals surface area contributed by atoms with E-state index in [2.05, 4.69) is 40.0 Å². The number of rotatable bonds is 11. The van der Waals surface area contributed by atoms with Gasteiger partial charge in [0, 0.05) is 35.0 Å². The van der Waals surface area contributed by atoms with E-state index in [-0.39, 0.29) is 11.2 Å². The van der Waals surface area contributed by atoms with Gasteiger partial charge in [-0.25, -0.2) is 0 Å². The third-order valence-electron chi connectivity index (χ3n) is 8.44. The first-order valence-electron chi connectivity index (χ1n) is 17.0. The molecule has 2 heterocycles. The predicted molar refractivity (Wildman–Crippen MR) is 206 cm³/mol. The van der Waals surface area contributed by atoms with Gasteiger partial charge in [-0.1, -0.05) is 75.5 Å². The topological polar surface area (TPSA) is 52.2 Å². The Morgan fingerprint density at radius 2 is 1.02 bits per heavy atom. The van der Waals surface area contributed by atoms with E-state index in [1.807, 2.05) is 109 Å². The summed E-state index contributed by atoms with van der Waals surface area (Å²) in [5.41, 5.74) is -0.135. The lowest BCUT2D eigenvalue weighted by Crippen LogP contribution is -2.47. The van der Waals surface area contributed by atoms with E-state index in [0.717, 1.165) is 110 Å². The van der Waals surface area contributed by atoms with Gasteiger partial charge in [0.1, 0.15) is 40.8 Å². The molecule has 0 amide bonds. The van der Waals surface area contributed by atoms with Gasteiger partial charge in [0.25, 0.3) is 0 Å². The molecule has 4 aromatic rings. The standard InChI is InChI=1S/C20H24ClNO2.C12H16ClNO.C8H9BrO/c1-20(24-19-9-7-17(21)8-10-19)11-13-22(14-12-20)15-16-23-18-5-3-2-4-6-18;1-12(6-8-14-9-7-12)15-11-4-2-10(13)3-5-11;9-6-7-10-8-4-2-1-3-5-8/h2-10H,11-16H2,1H3;2-5,14H,6-9H2,1H3;1-5H,6-7H2. The monoisotopic (exact) mass is 770 g/mol. The molecule has 0 bridgehead atoms. The van der Waals surface area contributed by atoms with Crippen molar-refractivity contribution in [2.45, 2.75) is 50.7 Å². The van der Waals surface area contributed by atoms with Crippen LogP contribution in [0.25, 0.3) is 0 Å². The van der Waals surface area contributed by atoms with Crippen LogP contribution in [0.2, 0.25) is 10.0 Å². The van der Waals surface area contributed by atoms with Gasteiger partial charge < -0.3 is 24.3 Å². The van der Waals surface area contributed by atoms with E-state index in [1.54, 1.807) is 0 Å². The summed E-state index contributed by atoms with van der Waals surface area (Å²) in [7, 11) is 0. The minimum Gasteiger partial charge on any atom is -0.493 e. The summed E-state index contributed by atoms with van der Waals surface area (Å²) in [5.74, 6) is 3.67. The lowest BCUT2D eigenvalue weighted by Gasteiger charge is -2.39. The van der Waals surface area contributed by atoms with Crippen LogP contribution in [0.4, 0.5) is 0 Å². The second-order valence-electron chi connectivity index (χ2n) is 12.6. The molecule has 0 atom stereocenters. The van der Waals surface area contributed by atoms with Gasteiger partial charge in [0.05, 0.1) is 6.61 Å². The van der Waals surface area contributed by atoms with Crippen molar-refractivity contribution in [2.24, 2.45) is 0 Å². The van der Waals surface area contributed by atoms with Crippen molar-refractivity contribution in [1.29, 1.82) is 0 Å². The molecule has 2 aliphatic heterocycles. The number of ether oxygens (including phenoxy) is 4. The van der Waals surface area contributed by atoms with E-state index >= 15 is 0 Å². The molecule has 0 aliphatic carbocycles. The summed E-state index contributed by atoms with van der Waals surface area (Å²) < 4.78 is 23.3. The number of benzene rings is 4. The molecule has 49 heavy (non-hydrogen) atoms. The molecular weight excluding hydrogens is 723 g/mol. The molecule has 4 aromatic carbocycles. The van der Waals surface area contributed by atoms with Crippen molar-refractivity contribution in [1.82, 2.24) is 10.2 Å². The molecule has 2 fully saturated rings. The Bertz CT molecular complexity index is 1450. The minimum absolute atomic E-state index is 0.0287. The molecule has 0 saturated carbocycles. The molecule has 0 aromatic heterocycles. The highest BCUT2D eigenvalue weighted by molar-refractivity contribution is 9.09. The van der Waals surface area contributed by atoms with Crippen molar-refractivity contribution < 1.29 is 18.9 Å². The van der Waals surface area contributed by atoms with Crippen LogP contribution < -0.4 is 24.3 Å². The van der Waals surface area contributed by atoms with Crippen molar-refractivity contribution in [3.05, 3.63) is 119 Å². The van der Waals surface area contributed by atoms with Gasteiger partial charge in [-0.05, 0) is 125 Å². The lowest BCUT2D eigenvalue weighted by atomic mass is 9.93. The molecule has 264 valence electrons. The van der Waals surface area contributed by atoms with Crippen LogP contribution in [-0.2, 0) is 0 Å². The van der Waals surface area contributed by atoms with Crippen molar-refractivity contribution >= 4 is 39.1 Å². The average molecular weight is 773 g/mol. The number of likely N-dealkylation sites (tertiary alicyclic amines) is 1. The summed E-state index contributed by atoms with van der Waals surface area (Å²) in [5, 5.41) is 5.70. The van der Waals surface area contributed by atoms with Crippen molar-refractivity contribution in [3.63, 3.8) is 0 Å². The number of hydrogen-bond acceptors (Lipinski definition) is 6. The van der Waals surface area contributed by atoms with Gasteiger partial charge in [-0.2, -0.15) is 0 Å². The van der Waals surface area contributed by atoms with E-state index in [0.29, 0.717) is 0 Å². The zero-order chi connectivity index (χ0) is 34.8. The largest absolute Gasteiger partial charge is 0.493 e. The summed E-state index contributed by atoms with van der Waals surface area (Å²) in [6.45, 7) is 10.9. The molecule has 6 rings (SSSR count). The lowest BCUT2D eigenvalue weighted by molar-refractivity contribution is 0.0135. The summed E-state index contributed by atoms with van der Waals surface area (Å²) in [6, 6.07) is 35.0. The molecule has 2 saturated heterocycles. The average Bonchev–Trinajstić information content (AvgIpc) is 3.12. The van der Waals surface area contributed by atoms with E-state index in [1.165, 1.54) is 0 Å². The number of halogens is 3. The maximum atomic E-state index is 6.20. The normalized spacial score (nSPS) is 16.5. The van der Waals surface area contributed by atoms with Crippen molar-refractivity contribution in [2.75, 3.05) is 51.3 Å². The summed E-state index contributed by atoms with van der Waals surface area (Å²) >= 11 is 15.0. The SMILES string of the molecule is BrCCOc1ccccc1.CC1(Oc2ccc(Cl)cc2)CCN(CCOc2ccccc2)CC1.CC1(Oc2ccc(Cl)cc2)CCNCC1. The zero-order valence-electron chi connectivity index (χ0n) is 28.6. The fraction of sp³-hybridized carbons (Fsp3) is 0.400. The number of para-hydroxylation sites is 2. The third kappa shape index (κ3) is 14.8. The Morgan fingerprint density at radius 3 is 1.47 bits per heavy atom. The Kier molecular flexibility index (Phi) is 16.4. The highest BCUT2D eigenvalue weighted by Gasteiger charge is 2.32. The summed E-state index contributed by atoms with van der Waals surface area (Å²) in [6.07, 6.45) is 4.13. The molecule has 0 spiro atoms. The van der Waals surface area contributed by atoms with Gasteiger partial charge in [0.2, 0.25) is 0 Å². The minimum atomic E-state index is -0.107. The number of alkyl halides is 1. The van der Waals surface area contributed by atoms with Crippen LogP contribution in [0, 0.1) is 0 Å². The second kappa shape index (κ2) is 20.7. The molecule has 0 radical (unpaired) electrons. The fourth-order valence-electron chi connectivity index (χ4n) is 5.47. The van der Waals surface area contributed by atoms with Crippen LogP contribution in [0.15, 0.2) is 109 Å². The van der Waals surface area contributed by atoms with Crippen LogP contribution >= 0.6 is 39.1 Å². The van der Waals surface area contributed by atoms with Gasteiger partial charge in [-0.15, -0.1) is 0 Å². The maximum absolute atomic E-state index is 6.20. The quantitative estimate of drug-likeness (QED) is 0.153. The highest BCUT2D eigenvalue weighted by Crippen LogP contribution is 2.29. The number of piperidine rings is 2. The molecule has 9 heteroatoms. The van der Waals surface area contributed by atoms with Gasteiger partial charge in [-0.3, -0.25) is 4.90 Å². The first-order valence-corrected chi connectivity index (χ1v) is 18.9. The fourth-order valence-corrected chi connectivity index (χ4v) is 5.88. The first kappa shape index (κ1) is 38.9. The van der Waals surface area contributed by atoms with E-state index in [4.69, 9.17) is 42.1 Å². The summed E-state index contributed by atoms with van der Waals surface area (Å²) in [4.78, 5) is 2.44. The maximum Gasteiger partial charge on any atom is 0.120 e. The zero-order valence-corrected chi connectivity index (χ0v) is 31.7. The van der Waals surface area contributed by atoms with Gasteiger partial charge in [0.15, 0.2) is 0 Å². The Hall–Kier alpha value is -2.94. The number of hydrogen-bond donors (Lipinski definition) is 1. The number of nitrogens with one attached hydrogen (secondary N) is 1. The Balaban J connectivity index is 0.000000184. The van der Waals surface area contributed by atoms with Crippen LogP contribution in [0.3, 0.4) is 0 Å². The van der Waals surface area contributed by atoms with Crippen LogP contribution in [0.5, 0.6) is 23.0 Å². The second-order valence-corrected chi connectivity index (χ2v) is 14.3. The Labute approximate surface area is 311 Å². The third-order valence-corrected chi connectivity index (χ3v) is 9.27. The molecular formula is C40H49BrCl2N2O4. The smallest absolute Gasteiger partial charge is 0.120 e. The molecule has 1 N–H and O–H groups in total. The molecule has 0 unspecified atom stereocenters. The van der Waals surface area contributed by atoms with E-state index in [9.17, 15) is 0 Å². The first-order chi connectivity index (χ1) is 23.7. The van der Waals surface area contributed by atoms with Crippen LogP contribution in [0.1, 0.15) is 39.5 Å². The highest BCUT2D eigenvalue weighted by atomic mass is 79.9. The van der Waals surface area contributed by atoms with E-state index < -0.39 is 0 Å². The van der Waals surface area contributed by atoms with Gasteiger partial charge >= 0.3 is 0 Å². The molecule has 6 nitrogen and oxygen atoms in total.